The molecule has 5 aromatic rings. The van der Waals surface area contributed by atoms with E-state index in [1.54, 1.807) is 0 Å². The SMILES string of the molecule is CC(C)c1nc(-c2ccccc2)nc(-c2ccc3oc4ccccc4c3c2)n1. The van der Waals surface area contributed by atoms with Crippen LogP contribution in [0.4, 0.5) is 0 Å². The topological polar surface area (TPSA) is 51.8 Å². The van der Waals surface area contributed by atoms with Gasteiger partial charge in [0.05, 0.1) is 0 Å². The van der Waals surface area contributed by atoms with Crippen LogP contribution in [0.3, 0.4) is 0 Å². The van der Waals surface area contributed by atoms with Gasteiger partial charge in [-0.25, -0.2) is 15.0 Å². The van der Waals surface area contributed by atoms with E-state index in [1.807, 2.05) is 60.7 Å². The zero-order chi connectivity index (χ0) is 19.1. The smallest absolute Gasteiger partial charge is 0.163 e. The van der Waals surface area contributed by atoms with E-state index in [2.05, 4.69) is 26.0 Å². The Bertz CT molecular complexity index is 1290. The first-order valence-corrected chi connectivity index (χ1v) is 9.42. The molecule has 0 amide bonds. The molecule has 4 heteroatoms. The van der Waals surface area contributed by atoms with Crippen LogP contribution < -0.4 is 0 Å². The van der Waals surface area contributed by atoms with E-state index in [-0.39, 0.29) is 5.92 Å². The van der Waals surface area contributed by atoms with Gasteiger partial charge in [0.2, 0.25) is 0 Å². The predicted molar refractivity (Wildman–Crippen MR) is 112 cm³/mol. The van der Waals surface area contributed by atoms with Gasteiger partial charge in [0, 0.05) is 27.8 Å². The molecule has 0 atom stereocenters. The van der Waals surface area contributed by atoms with Crippen LogP contribution in [0.2, 0.25) is 0 Å². The highest BCUT2D eigenvalue weighted by Gasteiger charge is 2.14. The largest absolute Gasteiger partial charge is 0.456 e. The molecule has 0 unspecified atom stereocenters. The highest BCUT2D eigenvalue weighted by Crippen LogP contribution is 2.32. The Kier molecular flexibility index (Phi) is 3.90. The van der Waals surface area contributed by atoms with Crippen LogP contribution >= 0.6 is 0 Å². The second-order valence-corrected chi connectivity index (χ2v) is 7.17. The van der Waals surface area contributed by atoms with Crippen LogP contribution in [0.25, 0.3) is 44.7 Å². The second-order valence-electron chi connectivity index (χ2n) is 7.17. The van der Waals surface area contributed by atoms with Gasteiger partial charge in [0.25, 0.3) is 0 Å². The van der Waals surface area contributed by atoms with Crippen molar-refractivity contribution in [3.63, 3.8) is 0 Å². The van der Waals surface area contributed by atoms with Crippen molar-refractivity contribution in [2.75, 3.05) is 0 Å². The van der Waals surface area contributed by atoms with E-state index >= 15 is 0 Å². The molecule has 0 bridgehead atoms. The average molecular weight is 365 g/mol. The third kappa shape index (κ3) is 2.83. The molecule has 28 heavy (non-hydrogen) atoms. The summed E-state index contributed by atoms with van der Waals surface area (Å²) in [7, 11) is 0. The molecule has 4 nitrogen and oxygen atoms in total. The molecular formula is C24H19N3O. The van der Waals surface area contributed by atoms with Crippen LogP contribution in [0, 0.1) is 0 Å². The molecule has 0 aliphatic heterocycles. The quantitative estimate of drug-likeness (QED) is 0.380. The number of fused-ring (bicyclic) bond motifs is 3. The highest BCUT2D eigenvalue weighted by molar-refractivity contribution is 6.06. The Morgan fingerprint density at radius 3 is 2.11 bits per heavy atom. The zero-order valence-corrected chi connectivity index (χ0v) is 15.8. The van der Waals surface area contributed by atoms with E-state index in [4.69, 9.17) is 19.4 Å². The monoisotopic (exact) mass is 365 g/mol. The van der Waals surface area contributed by atoms with Crippen LogP contribution in [-0.2, 0) is 0 Å². The summed E-state index contributed by atoms with van der Waals surface area (Å²) in [5, 5.41) is 2.17. The van der Waals surface area contributed by atoms with E-state index in [1.165, 1.54) is 0 Å². The Morgan fingerprint density at radius 2 is 1.32 bits per heavy atom. The molecule has 2 heterocycles. The van der Waals surface area contributed by atoms with Gasteiger partial charge in [-0.15, -0.1) is 0 Å². The molecular weight excluding hydrogens is 346 g/mol. The summed E-state index contributed by atoms with van der Waals surface area (Å²) in [6.07, 6.45) is 0. The number of benzene rings is 3. The Labute approximate surface area is 162 Å². The summed E-state index contributed by atoms with van der Waals surface area (Å²) >= 11 is 0. The third-order valence-electron chi connectivity index (χ3n) is 4.84. The molecule has 0 fully saturated rings. The van der Waals surface area contributed by atoms with Crippen LogP contribution in [0.1, 0.15) is 25.6 Å². The third-order valence-corrected chi connectivity index (χ3v) is 4.84. The summed E-state index contributed by atoms with van der Waals surface area (Å²) < 4.78 is 5.95. The van der Waals surface area contributed by atoms with Crippen molar-refractivity contribution in [1.82, 2.24) is 15.0 Å². The van der Waals surface area contributed by atoms with Gasteiger partial charge in [0.15, 0.2) is 11.6 Å². The molecule has 136 valence electrons. The van der Waals surface area contributed by atoms with Crippen LogP contribution in [0.5, 0.6) is 0 Å². The Hall–Kier alpha value is -3.53. The van der Waals surface area contributed by atoms with Crippen molar-refractivity contribution in [3.05, 3.63) is 78.6 Å². The zero-order valence-electron chi connectivity index (χ0n) is 15.8. The predicted octanol–water partition coefficient (Wildman–Crippen LogP) is 6.23. The molecule has 0 saturated heterocycles. The lowest BCUT2D eigenvalue weighted by Crippen LogP contribution is -2.04. The van der Waals surface area contributed by atoms with Gasteiger partial charge in [-0.1, -0.05) is 62.4 Å². The number of aromatic nitrogens is 3. The van der Waals surface area contributed by atoms with Crippen molar-refractivity contribution in [2.45, 2.75) is 19.8 Å². The summed E-state index contributed by atoms with van der Waals surface area (Å²) in [6.45, 7) is 4.20. The lowest BCUT2D eigenvalue weighted by atomic mass is 10.1. The van der Waals surface area contributed by atoms with Crippen LogP contribution in [0.15, 0.2) is 77.2 Å². The highest BCUT2D eigenvalue weighted by atomic mass is 16.3. The van der Waals surface area contributed by atoms with E-state index in [0.717, 1.165) is 38.9 Å². The minimum absolute atomic E-state index is 0.211. The second kappa shape index (κ2) is 6.57. The fourth-order valence-corrected chi connectivity index (χ4v) is 3.36. The van der Waals surface area contributed by atoms with Crippen molar-refractivity contribution < 1.29 is 4.42 Å². The van der Waals surface area contributed by atoms with Gasteiger partial charge in [0.1, 0.15) is 17.0 Å². The number of nitrogens with zero attached hydrogens (tertiary/aromatic N) is 3. The number of rotatable bonds is 3. The van der Waals surface area contributed by atoms with Gasteiger partial charge in [-0.2, -0.15) is 0 Å². The first-order chi connectivity index (χ1) is 13.7. The fourth-order valence-electron chi connectivity index (χ4n) is 3.36. The molecule has 0 spiro atoms. The van der Waals surface area contributed by atoms with Gasteiger partial charge in [-0.05, 0) is 24.3 Å². The standard InChI is InChI=1S/C24H19N3O/c1-15(2)22-25-23(16-8-4-3-5-9-16)27-24(26-22)17-12-13-21-19(14-17)18-10-6-7-11-20(18)28-21/h3-15H,1-2H3. The number of furan rings is 1. The molecule has 0 radical (unpaired) electrons. The van der Waals surface area contributed by atoms with Gasteiger partial charge < -0.3 is 4.42 Å². The lowest BCUT2D eigenvalue weighted by Gasteiger charge is -2.10. The molecule has 2 aromatic heterocycles. The van der Waals surface area contributed by atoms with Gasteiger partial charge >= 0.3 is 0 Å². The lowest BCUT2D eigenvalue weighted by molar-refractivity contribution is 0.669. The van der Waals surface area contributed by atoms with E-state index in [0.29, 0.717) is 11.6 Å². The molecule has 0 N–H and O–H groups in total. The summed E-state index contributed by atoms with van der Waals surface area (Å²) in [6, 6.07) is 24.2. The number of hydrogen-bond donors (Lipinski definition) is 0. The minimum atomic E-state index is 0.211. The maximum atomic E-state index is 5.95. The van der Waals surface area contributed by atoms with Crippen LogP contribution in [-0.4, -0.2) is 15.0 Å². The molecule has 3 aromatic carbocycles. The van der Waals surface area contributed by atoms with Crippen molar-refractivity contribution in [2.24, 2.45) is 0 Å². The number of para-hydroxylation sites is 1. The molecule has 0 aliphatic rings. The fraction of sp³-hybridized carbons (Fsp3) is 0.125. The molecule has 0 aliphatic carbocycles. The van der Waals surface area contributed by atoms with E-state index in [9.17, 15) is 0 Å². The first kappa shape index (κ1) is 16.6. The first-order valence-electron chi connectivity index (χ1n) is 9.42. The van der Waals surface area contributed by atoms with Crippen molar-refractivity contribution in [1.29, 1.82) is 0 Å². The molecule has 5 rings (SSSR count). The number of hydrogen-bond acceptors (Lipinski definition) is 4. The van der Waals surface area contributed by atoms with Crippen molar-refractivity contribution in [3.8, 4) is 22.8 Å². The normalized spacial score (nSPS) is 11.5. The van der Waals surface area contributed by atoms with Crippen molar-refractivity contribution >= 4 is 21.9 Å². The molecule has 0 saturated carbocycles. The Morgan fingerprint density at radius 1 is 0.643 bits per heavy atom. The summed E-state index contributed by atoms with van der Waals surface area (Å²) in [5.74, 6) is 2.39. The average Bonchev–Trinajstić information content (AvgIpc) is 3.12. The maximum absolute atomic E-state index is 5.95. The van der Waals surface area contributed by atoms with E-state index < -0.39 is 0 Å². The van der Waals surface area contributed by atoms with Gasteiger partial charge in [-0.3, -0.25) is 0 Å². The maximum Gasteiger partial charge on any atom is 0.163 e. The summed E-state index contributed by atoms with van der Waals surface area (Å²) in [4.78, 5) is 14.2. The Balaban J connectivity index is 1.71. The minimum Gasteiger partial charge on any atom is -0.456 e. The summed E-state index contributed by atoms with van der Waals surface area (Å²) in [5.41, 5.74) is 3.70.